The van der Waals surface area contributed by atoms with Crippen LogP contribution >= 0.6 is 11.8 Å². The van der Waals surface area contributed by atoms with Crippen molar-refractivity contribution in [1.29, 1.82) is 0 Å². The topological polar surface area (TPSA) is 41.5 Å². The summed E-state index contributed by atoms with van der Waals surface area (Å²) < 4.78 is 0. The van der Waals surface area contributed by atoms with Gasteiger partial charge in [0.05, 0.1) is 11.6 Å². The zero-order valence-corrected chi connectivity index (χ0v) is 9.10. The van der Waals surface area contributed by atoms with E-state index >= 15 is 0 Å². The number of amides is 1. The highest BCUT2D eigenvalue weighted by Crippen LogP contribution is 2.24. The number of aliphatic imine (C=N–C) groups is 1. The van der Waals surface area contributed by atoms with Gasteiger partial charge in [0.25, 0.3) is 5.91 Å². The number of rotatable bonds is 2. The van der Waals surface area contributed by atoms with E-state index in [4.69, 9.17) is 0 Å². The zero-order chi connectivity index (χ0) is 9.84. The van der Waals surface area contributed by atoms with Gasteiger partial charge >= 0.3 is 0 Å². The Morgan fingerprint density at radius 1 is 1.62 bits per heavy atom. The van der Waals surface area contributed by atoms with Crippen LogP contribution in [0.25, 0.3) is 0 Å². The molecule has 3 unspecified atom stereocenters. The maximum atomic E-state index is 11.1. The van der Waals surface area contributed by atoms with E-state index in [9.17, 15) is 4.79 Å². The molecule has 0 saturated heterocycles. The van der Waals surface area contributed by atoms with Crippen LogP contribution in [0.15, 0.2) is 4.99 Å². The van der Waals surface area contributed by atoms with Crippen molar-refractivity contribution in [3.8, 4) is 0 Å². The highest BCUT2D eigenvalue weighted by atomic mass is 32.2. The SMILES string of the molecule is CCSC1N=CC(=O)NC(C)C1C. The van der Waals surface area contributed by atoms with Crippen molar-refractivity contribution in [3.63, 3.8) is 0 Å². The predicted molar refractivity (Wildman–Crippen MR) is 57.2 cm³/mol. The first-order valence-corrected chi connectivity index (χ1v) is 5.65. The summed E-state index contributed by atoms with van der Waals surface area (Å²) in [6, 6.07) is 0.207. The molecule has 1 rings (SSSR count). The van der Waals surface area contributed by atoms with Crippen molar-refractivity contribution >= 4 is 23.9 Å². The van der Waals surface area contributed by atoms with Crippen molar-refractivity contribution < 1.29 is 4.79 Å². The molecule has 0 spiro atoms. The second-order valence-electron chi connectivity index (χ2n) is 3.28. The smallest absolute Gasteiger partial charge is 0.262 e. The summed E-state index contributed by atoms with van der Waals surface area (Å²) in [5, 5.41) is 3.10. The quantitative estimate of drug-likeness (QED) is 0.730. The molecule has 0 radical (unpaired) electrons. The summed E-state index contributed by atoms with van der Waals surface area (Å²) in [5.41, 5.74) is 0. The number of carbonyl (C=O) groups is 1. The van der Waals surface area contributed by atoms with Crippen molar-refractivity contribution in [2.45, 2.75) is 32.2 Å². The van der Waals surface area contributed by atoms with Crippen LogP contribution in [-0.2, 0) is 4.79 Å². The molecule has 74 valence electrons. The van der Waals surface area contributed by atoms with Gasteiger partial charge in [-0.3, -0.25) is 9.79 Å². The summed E-state index contributed by atoms with van der Waals surface area (Å²) in [6.07, 6.45) is 1.41. The third-order valence-corrected chi connectivity index (χ3v) is 3.51. The fraction of sp³-hybridized carbons (Fsp3) is 0.778. The molecule has 3 nitrogen and oxygen atoms in total. The molecule has 0 aromatic carbocycles. The average molecular weight is 200 g/mol. The van der Waals surface area contributed by atoms with E-state index in [1.54, 1.807) is 11.8 Å². The number of hydrogen-bond donors (Lipinski definition) is 1. The first-order valence-electron chi connectivity index (χ1n) is 4.60. The molecule has 0 aromatic rings. The molecule has 0 aliphatic carbocycles. The highest BCUT2D eigenvalue weighted by molar-refractivity contribution is 7.99. The maximum Gasteiger partial charge on any atom is 0.262 e. The van der Waals surface area contributed by atoms with Crippen LogP contribution in [0.4, 0.5) is 0 Å². The third-order valence-electron chi connectivity index (χ3n) is 2.28. The van der Waals surface area contributed by atoms with E-state index in [-0.39, 0.29) is 17.3 Å². The van der Waals surface area contributed by atoms with Gasteiger partial charge in [-0.25, -0.2) is 0 Å². The van der Waals surface area contributed by atoms with Crippen molar-refractivity contribution in [1.82, 2.24) is 5.32 Å². The summed E-state index contributed by atoms with van der Waals surface area (Å²) >= 11 is 1.79. The third kappa shape index (κ3) is 2.72. The molecule has 1 heterocycles. The predicted octanol–water partition coefficient (Wildman–Crippen LogP) is 1.29. The van der Waals surface area contributed by atoms with Gasteiger partial charge in [0.1, 0.15) is 0 Å². The van der Waals surface area contributed by atoms with E-state index in [1.165, 1.54) is 6.21 Å². The number of hydrogen-bond acceptors (Lipinski definition) is 3. The summed E-state index contributed by atoms with van der Waals surface area (Å²) in [7, 11) is 0. The van der Waals surface area contributed by atoms with E-state index in [0.717, 1.165) is 5.75 Å². The molecule has 1 aliphatic heterocycles. The van der Waals surface area contributed by atoms with Crippen LogP contribution in [0, 0.1) is 5.92 Å². The van der Waals surface area contributed by atoms with Gasteiger partial charge in [-0.1, -0.05) is 13.8 Å². The molecule has 0 bridgehead atoms. The molecule has 0 fully saturated rings. The van der Waals surface area contributed by atoms with Crippen molar-refractivity contribution in [2.24, 2.45) is 10.9 Å². The molecule has 1 N–H and O–H groups in total. The van der Waals surface area contributed by atoms with Crippen LogP contribution in [0.5, 0.6) is 0 Å². The summed E-state index contributed by atoms with van der Waals surface area (Å²) in [5.74, 6) is 1.36. The molecular weight excluding hydrogens is 184 g/mol. The van der Waals surface area contributed by atoms with Crippen LogP contribution in [0.3, 0.4) is 0 Å². The van der Waals surface area contributed by atoms with Crippen molar-refractivity contribution in [3.05, 3.63) is 0 Å². The lowest BCUT2D eigenvalue weighted by Crippen LogP contribution is -2.38. The van der Waals surface area contributed by atoms with Crippen LogP contribution in [0.1, 0.15) is 20.8 Å². The van der Waals surface area contributed by atoms with Gasteiger partial charge in [0.2, 0.25) is 0 Å². The van der Waals surface area contributed by atoms with E-state index < -0.39 is 0 Å². The van der Waals surface area contributed by atoms with Gasteiger partial charge in [-0.15, -0.1) is 11.8 Å². The standard InChI is InChI=1S/C9H16N2OS/c1-4-13-9-6(2)7(3)11-8(12)5-10-9/h5-7,9H,4H2,1-3H3,(H,11,12). The number of carbonyl (C=O) groups excluding carboxylic acids is 1. The monoisotopic (exact) mass is 200 g/mol. The highest BCUT2D eigenvalue weighted by Gasteiger charge is 2.25. The Bertz CT molecular complexity index is 218. The normalized spacial score (nSPS) is 34.1. The van der Waals surface area contributed by atoms with E-state index in [2.05, 4.69) is 24.2 Å². The zero-order valence-electron chi connectivity index (χ0n) is 8.28. The minimum atomic E-state index is -0.0708. The lowest BCUT2D eigenvalue weighted by Gasteiger charge is -2.23. The van der Waals surface area contributed by atoms with Gasteiger partial charge in [0, 0.05) is 12.0 Å². The summed E-state index contributed by atoms with van der Waals surface area (Å²) in [6.45, 7) is 6.26. The molecule has 4 heteroatoms. The second-order valence-corrected chi connectivity index (χ2v) is 4.67. The number of nitrogens with one attached hydrogen (secondary N) is 1. The second kappa shape index (κ2) is 4.65. The molecule has 0 aromatic heterocycles. The molecule has 1 amide bonds. The Hall–Kier alpha value is -0.510. The number of nitrogens with zero attached hydrogens (tertiary/aromatic N) is 1. The summed E-state index contributed by atoms with van der Waals surface area (Å²) in [4.78, 5) is 15.4. The van der Waals surface area contributed by atoms with Crippen LogP contribution in [-0.4, -0.2) is 29.3 Å². The Labute approximate surface area is 83.4 Å². The fourth-order valence-electron chi connectivity index (χ4n) is 1.28. The minimum Gasteiger partial charge on any atom is -0.348 e. The first-order chi connectivity index (χ1) is 6.15. The Kier molecular flexibility index (Phi) is 3.78. The largest absolute Gasteiger partial charge is 0.348 e. The fourth-order valence-corrected chi connectivity index (χ4v) is 2.31. The van der Waals surface area contributed by atoms with Crippen LogP contribution in [0.2, 0.25) is 0 Å². The molecule has 1 aliphatic rings. The van der Waals surface area contributed by atoms with Crippen LogP contribution < -0.4 is 5.32 Å². The maximum absolute atomic E-state index is 11.1. The molecular formula is C9H16N2OS. The van der Waals surface area contributed by atoms with Gasteiger partial charge < -0.3 is 5.32 Å². The average Bonchev–Trinajstić information content (AvgIpc) is 2.19. The Balaban J connectivity index is 2.69. The Morgan fingerprint density at radius 2 is 2.31 bits per heavy atom. The lowest BCUT2D eigenvalue weighted by atomic mass is 10.0. The van der Waals surface area contributed by atoms with Gasteiger partial charge in [0.15, 0.2) is 0 Å². The first kappa shape index (κ1) is 10.6. The molecule has 13 heavy (non-hydrogen) atoms. The van der Waals surface area contributed by atoms with Crippen molar-refractivity contribution in [2.75, 3.05) is 5.75 Å². The Morgan fingerprint density at radius 3 is 2.92 bits per heavy atom. The van der Waals surface area contributed by atoms with Gasteiger partial charge in [-0.05, 0) is 12.7 Å². The van der Waals surface area contributed by atoms with Gasteiger partial charge in [-0.2, -0.15) is 0 Å². The van der Waals surface area contributed by atoms with E-state index in [0.29, 0.717) is 5.92 Å². The number of thioether (sulfide) groups is 1. The minimum absolute atomic E-state index is 0.0708. The molecule has 0 saturated carbocycles. The lowest BCUT2D eigenvalue weighted by molar-refractivity contribution is -0.115. The van der Waals surface area contributed by atoms with E-state index in [1.807, 2.05) is 6.92 Å². The molecule has 3 atom stereocenters.